The lowest BCUT2D eigenvalue weighted by molar-refractivity contribution is -0.124. The van der Waals surface area contributed by atoms with Gasteiger partial charge >= 0.3 is 0 Å². The summed E-state index contributed by atoms with van der Waals surface area (Å²) in [6.45, 7) is 5.38. The number of amides is 3. The number of benzene rings is 1. The summed E-state index contributed by atoms with van der Waals surface area (Å²) in [5.41, 5.74) is 1.46. The molecule has 5 atom stereocenters. The van der Waals surface area contributed by atoms with Crippen LogP contribution in [0.3, 0.4) is 0 Å². The van der Waals surface area contributed by atoms with Gasteiger partial charge in [-0.15, -0.1) is 22.7 Å². The fraction of sp³-hybridized carbons (Fsp3) is 0.360. The molecule has 2 aromatic heterocycles. The van der Waals surface area contributed by atoms with Gasteiger partial charge < -0.3 is 20.7 Å². The Morgan fingerprint density at radius 3 is 2.08 bits per heavy atom. The minimum Gasteiger partial charge on any atom is -0.474 e. The van der Waals surface area contributed by atoms with Crippen molar-refractivity contribution in [2.45, 2.75) is 57.5 Å². The molecule has 2 aliphatic rings. The van der Waals surface area contributed by atoms with Gasteiger partial charge in [0.1, 0.15) is 33.5 Å². The second-order valence-corrected chi connectivity index (χ2v) is 10.8. The van der Waals surface area contributed by atoms with Gasteiger partial charge in [0.25, 0.3) is 11.8 Å². The van der Waals surface area contributed by atoms with Gasteiger partial charge in [-0.1, -0.05) is 30.3 Å². The summed E-state index contributed by atoms with van der Waals surface area (Å²) in [6.07, 6.45) is -0.0994. The van der Waals surface area contributed by atoms with Gasteiger partial charge in [-0.25, -0.2) is 15.0 Å². The number of hydrogen-bond acceptors (Lipinski definition) is 9. The van der Waals surface area contributed by atoms with Crippen LogP contribution in [0.5, 0.6) is 0 Å². The molecule has 1 aromatic carbocycles. The summed E-state index contributed by atoms with van der Waals surface area (Å²) in [5.74, 6) is -0.773. The Balaban J connectivity index is 1.50. The number of carbonyl (C=O) groups is 3. The molecule has 0 spiro atoms. The van der Waals surface area contributed by atoms with E-state index in [-0.39, 0.29) is 23.2 Å². The lowest BCUT2D eigenvalue weighted by Crippen LogP contribution is -2.43. The van der Waals surface area contributed by atoms with Crippen LogP contribution in [0, 0.1) is 0 Å². The van der Waals surface area contributed by atoms with E-state index in [1.54, 1.807) is 31.5 Å². The van der Waals surface area contributed by atoms with Crippen LogP contribution in [0.2, 0.25) is 0 Å². The molecule has 2 aliphatic heterocycles. The first-order valence-corrected chi connectivity index (χ1v) is 13.7. The molecule has 0 saturated carbocycles. The normalized spacial score (nSPS) is 26.2. The molecule has 3 N–H and O–H groups in total. The number of nitrogens with zero attached hydrogens (tertiary/aromatic N) is 3. The van der Waals surface area contributed by atoms with Gasteiger partial charge in [-0.3, -0.25) is 14.4 Å². The molecular formula is C25H26N6O4S2. The number of fused-ring (bicyclic) bond motifs is 5. The zero-order chi connectivity index (χ0) is 26.1. The van der Waals surface area contributed by atoms with E-state index in [0.717, 1.165) is 5.56 Å². The van der Waals surface area contributed by atoms with Gasteiger partial charge in [0, 0.05) is 17.2 Å². The van der Waals surface area contributed by atoms with Crippen molar-refractivity contribution in [3.63, 3.8) is 0 Å². The van der Waals surface area contributed by atoms with E-state index in [9.17, 15) is 14.4 Å². The lowest BCUT2D eigenvalue weighted by Gasteiger charge is -2.19. The molecule has 37 heavy (non-hydrogen) atoms. The topological polar surface area (TPSA) is 135 Å². The molecule has 192 valence electrons. The number of thiazole rings is 2. The number of aromatic nitrogens is 2. The van der Waals surface area contributed by atoms with E-state index in [1.165, 1.54) is 22.7 Å². The summed E-state index contributed by atoms with van der Waals surface area (Å²) in [4.78, 5) is 52.6. The molecular weight excluding hydrogens is 512 g/mol. The number of carbonyl (C=O) groups excluding carboxylic acids is 3. The standard InChI is InChI=1S/C25H26N6O4S2/c1-12-24-30-18(11-37-24)21(33)28-16(9-15-7-5-4-6-8-15)23-31-19(14(3)35-23)22(34)27-13(2)25-29-17(10-36-25)20(32)26-12/h4-8,10-14,16,19H,9H2,1-3H3,(H,26,32)(H,27,34)(H,28,33)/t12?,13?,14-,16+,19+/m1/s1. The maximum absolute atomic E-state index is 13.2. The number of aliphatic imine (C=N–C) groups is 1. The monoisotopic (exact) mass is 538 g/mol. The first-order chi connectivity index (χ1) is 17.8. The number of nitrogens with one attached hydrogen (secondary N) is 3. The first-order valence-electron chi connectivity index (χ1n) is 11.9. The van der Waals surface area contributed by atoms with Crippen molar-refractivity contribution < 1.29 is 19.1 Å². The number of ether oxygens (including phenoxy) is 1. The molecule has 4 heterocycles. The molecule has 3 amide bonds. The van der Waals surface area contributed by atoms with Crippen molar-refractivity contribution in [2.24, 2.45) is 4.99 Å². The third-order valence-electron chi connectivity index (χ3n) is 6.13. The maximum Gasteiger partial charge on any atom is 0.271 e. The average molecular weight is 539 g/mol. The zero-order valence-electron chi connectivity index (χ0n) is 20.4. The largest absolute Gasteiger partial charge is 0.474 e. The third kappa shape index (κ3) is 5.39. The van der Waals surface area contributed by atoms with Crippen LogP contribution in [0.4, 0.5) is 0 Å². The molecule has 2 unspecified atom stereocenters. The fourth-order valence-corrected chi connectivity index (χ4v) is 5.74. The van der Waals surface area contributed by atoms with Crippen LogP contribution in [0.1, 0.15) is 69.4 Å². The Morgan fingerprint density at radius 1 is 0.838 bits per heavy atom. The SMILES string of the molecule is CC1NC(=O)c2csc(n2)C(C)NC(=O)[C@H]2N=C(O[C@@H]2C)[C@H](Cc2ccccc2)NC(=O)c2csc1n2. The van der Waals surface area contributed by atoms with Crippen molar-refractivity contribution in [1.29, 1.82) is 0 Å². The van der Waals surface area contributed by atoms with E-state index < -0.39 is 36.2 Å². The smallest absolute Gasteiger partial charge is 0.271 e. The van der Waals surface area contributed by atoms with Gasteiger partial charge in [0.15, 0.2) is 6.04 Å². The summed E-state index contributed by atoms with van der Waals surface area (Å²) >= 11 is 2.58. The second kappa shape index (κ2) is 10.4. The second-order valence-electron chi connectivity index (χ2n) is 9.02. The van der Waals surface area contributed by atoms with Crippen LogP contribution < -0.4 is 16.0 Å². The molecule has 0 radical (unpaired) electrons. The van der Waals surface area contributed by atoms with Crippen LogP contribution >= 0.6 is 22.7 Å². The van der Waals surface area contributed by atoms with Gasteiger partial charge in [-0.05, 0) is 26.3 Å². The fourth-order valence-electron chi connectivity index (χ4n) is 4.13. The van der Waals surface area contributed by atoms with Crippen molar-refractivity contribution in [1.82, 2.24) is 25.9 Å². The summed E-state index contributed by atoms with van der Waals surface area (Å²) < 4.78 is 6.01. The highest BCUT2D eigenvalue weighted by molar-refractivity contribution is 7.10. The minimum absolute atomic E-state index is 0.228. The zero-order valence-corrected chi connectivity index (χ0v) is 22.1. The average Bonchev–Trinajstić information content (AvgIpc) is 3.63. The third-order valence-corrected chi connectivity index (χ3v) is 8.18. The quantitative estimate of drug-likeness (QED) is 0.459. The molecule has 12 heteroatoms. The van der Waals surface area contributed by atoms with Crippen molar-refractivity contribution in [3.8, 4) is 0 Å². The van der Waals surface area contributed by atoms with Crippen molar-refractivity contribution >= 4 is 46.3 Å². The summed E-state index contributed by atoms with van der Waals surface area (Å²) in [5, 5.41) is 13.3. The number of rotatable bonds is 2. The molecule has 0 aliphatic carbocycles. The predicted octanol–water partition coefficient (Wildman–Crippen LogP) is 2.81. The lowest BCUT2D eigenvalue weighted by atomic mass is 10.1. The molecule has 6 bridgehead atoms. The molecule has 0 saturated heterocycles. The van der Waals surface area contributed by atoms with Crippen LogP contribution in [-0.4, -0.2) is 51.8 Å². The Labute approximate surface area is 221 Å². The molecule has 10 nitrogen and oxygen atoms in total. The van der Waals surface area contributed by atoms with Gasteiger partial charge in [0.05, 0.1) is 12.1 Å². The van der Waals surface area contributed by atoms with Gasteiger partial charge in [0.2, 0.25) is 11.8 Å². The van der Waals surface area contributed by atoms with E-state index >= 15 is 0 Å². The van der Waals surface area contributed by atoms with E-state index in [4.69, 9.17) is 4.74 Å². The highest BCUT2D eigenvalue weighted by Gasteiger charge is 2.38. The van der Waals surface area contributed by atoms with Crippen LogP contribution in [0.25, 0.3) is 0 Å². The Bertz CT molecular complexity index is 1350. The Hall–Kier alpha value is -3.64. The van der Waals surface area contributed by atoms with Crippen LogP contribution in [-0.2, 0) is 16.0 Å². The predicted molar refractivity (Wildman–Crippen MR) is 140 cm³/mol. The van der Waals surface area contributed by atoms with E-state index in [1.807, 2.05) is 30.3 Å². The molecule has 3 aromatic rings. The summed E-state index contributed by atoms with van der Waals surface area (Å²) in [6, 6.07) is 7.42. The highest BCUT2D eigenvalue weighted by Crippen LogP contribution is 2.24. The number of hydrogen-bond donors (Lipinski definition) is 3. The molecule has 0 fully saturated rings. The molecule has 5 rings (SSSR count). The van der Waals surface area contributed by atoms with E-state index in [2.05, 4.69) is 30.9 Å². The maximum atomic E-state index is 13.2. The van der Waals surface area contributed by atoms with Crippen molar-refractivity contribution in [3.05, 3.63) is 68.1 Å². The Kier molecular flexibility index (Phi) is 7.02. The summed E-state index contributed by atoms with van der Waals surface area (Å²) in [7, 11) is 0. The van der Waals surface area contributed by atoms with Gasteiger partial charge in [-0.2, -0.15) is 0 Å². The van der Waals surface area contributed by atoms with E-state index in [0.29, 0.717) is 22.3 Å². The highest BCUT2D eigenvalue weighted by atomic mass is 32.1. The van der Waals surface area contributed by atoms with Crippen LogP contribution in [0.15, 0.2) is 46.1 Å². The minimum atomic E-state index is -0.791. The Morgan fingerprint density at radius 2 is 1.43 bits per heavy atom. The van der Waals surface area contributed by atoms with Crippen molar-refractivity contribution in [2.75, 3.05) is 0 Å². The first kappa shape index (κ1) is 25.0.